The standard InChI is InChI=1S/C24H24F2N2O2/c25-21-8-4-9-22(26)20(21)15-30-18-13-11-17(12-14-18)27-24(29)28-23-10-3-6-16-5-1-2-7-19(16)23/h1-10,17-18H,11-15H2,(H2,27,28,29)/t17-,18-. The number of benzene rings is 3. The van der Waals surface area contributed by atoms with Crippen LogP contribution in [0.2, 0.25) is 0 Å². The number of fused-ring (bicyclic) bond motifs is 1. The van der Waals surface area contributed by atoms with Crippen molar-refractivity contribution in [3.8, 4) is 0 Å². The minimum Gasteiger partial charge on any atom is -0.373 e. The SMILES string of the molecule is O=C(Nc1cccc2ccccc12)N[C@H]1CC[C@H](OCc2c(F)cccc2F)CC1. The third-order valence-electron chi connectivity index (χ3n) is 5.57. The smallest absolute Gasteiger partial charge is 0.319 e. The first-order valence-corrected chi connectivity index (χ1v) is 10.2. The lowest BCUT2D eigenvalue weighted by atomic mass is 9.93. The van der Waals surface area contributed by atoms with Crippen molar-refractivity contribution in [3.05, 3.63) is 77.9 Å². The molecule has 0 spiro atoms. The van der Waals surface area contributed by atoms with Gasteiger partial charge in [0.1, 0.15) is 11.6 Å². The van der Waals surface area contributed by atoms with Gasteiger partial charge in [-0.15, -0.1) is 0 Å². The van der Waals surface area contributed by atoms with Gasteiger partial charge in [-0.1, -0.05) is 42.5 Å². The maximum absolute atomic E-state index is 13.7. The van der Waals surface area contributed by atoms with Crippen LogP contribution in [0.4, 0.5) is 19.3 Å². The molecule has 0 aliphatic heterocycles. The summed E-state index contributed by atoms with van der Waals surface area (Å²) in [5.74, 6) is -1.18. The van der Waals surface area contributed by atoms with Crippen molar-refractivity contribution in [3.63, 3.8) is 0 Å². The monoisotopic (exact) mass is 410 g/mol. The molecule has 4 rings (SSSR count). The second-order valence-corrected chi connectivity index (χ2v) is 7.61. The van der Waals surface area contributed by atoms with Crippen molar-refractivity contribution < 1.29 is 18.3 Å². The second-order valence-electron chi connectivity index (χ2n) is 7.61. The molecule has 0 saturated heterocycles. The van der Waals surface area contributed by atoms with Crippen LogP contribution in [0.1, 0.15) is 31.2 Å². The molecule has 0 bridgehead atoms. The van der Waals surface area contributed by atoms with Crippen molar-refractivity contribution in [2.75, 3.05) is 5.32 Å². The molecule has 1 aliphatic carbocycles. The minimum atomic E-state index is -0.588. The number of carbonyl (C=O) groups is 1. The minimum absolute atomic E-state index is 0.0350. The Kier molecular flexibility index (Phi) is 6.23. The van der Waals surface area contributed by atoms with Crippen LogP contribution in [0.25, 0.3) is 10.8 Å². The van der Waals surface area contributed by atoms with Crippen molar-refractivity contribution in [1.82, 2.24) is 5.32 Å². The van der Waals surface area contributed by atoms with Gasteiger partial charge in [0.15, 0.2) is 0 Å². The van der Waals surface area contributed by atoms with Crippen LogP contribution >= 0.6 is 0 Å². The van der Waals surface area contributed by atoms with Gasteiger partial charge in [-0.3, -0.25) is 0 Å². The number of ether oxygens (including phenoxy) is 1. The fourth-order valence-electron chi connectivity index (χ4n) is 3.92. The normalized spacial score (nSPS) is 18.9. The molecule has 156 valence electrons. The van der Waals surface area contributed by atoms with Crippen molar-refractivity contribution in [2.24, 2.45) is 0 Å². The van der Waals surface area contributed by atoms with Crippen LogP contribution in [-0.4, -0.2) is 18.2 Å². The number of urea groups is 1. The fourth-order valence-corrected chi connectivity index (χ4v) is 3.92. The number of hydrogen-bond acceptors (Lipinski definition) is 2. The van der Waals surface area contributed by atoms with E-state index in [0.29, 0.717) is 0 Å². The molecule has 1 saturated carbocycles. The number of halogens is 2. The summed E-state index contributed by atoms with van der Waals surface area (Å²) in [6.45, 7) is -0.0805. The number of nitrogens with one attached hydrogen (secondary N) is 2. The Morgan fingerprint density at radius 3 is 2.33 bits per heavy atom. The third-order valence-corrected chi connectivity index (χ3v) is 5.57. The van der Waals surface area contributed by atoms with E-state index in [-0.39, 0.29) is 30.3 Å². The molecule has 2 N–H and O–H groups in total. The average molecular weight is 410 g/mol. The van der Waals surface area contributed by atoms with Gasteiger partial charge >= 0.3 is 6.03 Å². The van der Waals surface area contributed by atoms with Gasteiger partial charge in [0.05, 0.1) is 18.4 Å². The summed E-state index contributed by atoms with van der Waals surface area (Å²) < 4.78 is 33.1. The molecule has 0 unspecified atom stereocenters. The first-order chi connectivity index (χ1) is 14.6. The Labute approximate surface area is 174 Å². The van der Waals surface area contributed by atoms with E-state index in [2.05, 4.69) is 10.6 Å². The summed E-state index contributed by atoms with van der Waals surface area (Å²) in [7, 11) is 0. The average Bonchev–Trinajstić information content (AvgIpc) is 2.75. The predicted molar refractivity (Wildman–Crippen MR) is 113 cm³/mol. The highest BCUT2D eigenvalue weighted by atomic mass is 19.1. The van der Waals surface area contributed by atoms with Crippen LogP contribution in [0, 0.1) is 11.6 Å². The quantitative estimate of drug-likeness (QED) is 0.561. The highest BCUT2D eigenvalue weighted by Crippen LogP contribution is 2.25. The van der Waals surface area contributed by atoms with Gasteiger partial charge in [-0.25, -0.2) is 13.6 Å². The van der Waals surface area contributed by atoms with E-state index in [1.54, 1.807) is 0 Å². The number of anilines is 1. The Hall–Kier alpha value is -2.99. The first-order valence-electron chi connectivity index (χ1n) is 10.2. The topological polar surface area (TPSA) is 50.4 Å². The lowest BCUT2D eigenvalue weighted by Crippen LogP contribution is -2.41. The molecule has 0 aromatic heterocycles. The zero-order chi connectivity index (χ0) is 20.9. The van der Waals surface area contributed by atoms with Crippen LogP contribution in [0.5, 0.6) is 0 Å². The molecule has 30 heavy (non-hydrogen) atoms. The van der Waals surface area contributed by atoms with Crippen molar-refractivity contribution >= 4 is 22.5 Å². The van der Waals surface area contributed by atoms with Gasteiger partial charge in [0.25, 0.3) is 0 Å². The van der Waals surface area contributed by atoms with Crippen LogP contribution < -0.4 is 10.6 Å². The van der Waals surface area contributed by atoms with Crippen LogP contribution in [0.3, 0.4) is 0 Å². The Morgan fingerprint density at radius 2 is 1.57 bits per heavy atom. The number of rotatable bonds is 5. The van der Waals surface area contributed by atoms with E-state index in [4.69, 9.17) is 4.74 Å². The van der Waals surface area contributed by atoms with E-state index in [9.17, 15) is 13.6 Å². The Balaban J connectivity index is 1.26. The van der Waals surface area contributed by atoms with Crippen LogP contribution in [0.15, 0.2) is 60.7 Å². The third kappa shape index (κ3) is 4.76. The maximum Gasteiger partial charge on any atom is 0.319 e. The van der Waals surface area contributed by atoms with E-state index in [0.717, 1.165) is 42.1 Å². The Bertz CT molecular complexity index is 1010. The van der Waals surface area contributed by atoms with E-state index in [1.165, 1.54) is 18.2 Å². The molecule has 0 heterocycles. The van der Waals surface area contributed by atoms with Gasteiger partial charge < -0.3 is 15.4 Å². The molecule has 3 aromatic rings. The fraction of sp³-hybridized carbons (Fsp3) is 0.292. The van der Waals surface area contributed by atoms with E-state index >= 15 is 0 Å². The molecule has 1 fully saturated rings. The number of amides is 2. The summed E-state index contributed by atoms with van der Waals surface area (Å²) in [5.41, 5.74) is 0.738. The summed E-state index contributed by atoms with van der Waals surface area (Å²) in [4.78, 5) is 12.5. The lowest BCUT2D eigenvalue weighted by molar-refractivity contribution is 0.00964. The lowest BCUT2D eigenvalue weighted by Gasteiger charge is -2.29. The van der Waals surface area contributed by atoms with Gasteiger partial charge in [-0.05, 0) is 49.3 Å². The summed E-state index contributed by atoms with van der Waals surface area (Å²) >= 11 is 0. The second kappa shape index (κ2) is 9.22. The highest BCUT2D eigenvalue weighted by Gasteiger charge is 2.24. The molecule has 2 amide bonds. The van der Waals surface area contributed by atoms with Gasteiger partial charge in [0.2, 0.25) is 0 Å². The molecular formula is C24H24F2N2O2. The highest BCUT2D eigenvalue weighted by molar-refractivity contribution is 6.01. The van der Waals surface area contributed by atoms with Crippen molar-refractivity contribution in [1.29, 1.82) is 0 Å². The van der Waals surface area contributed by atoms with Crippen LogP contribution in [-0.2, 0) is 11.3 Å². The van der Waals surface area contributed by atoms with Crippen molar-refractivity contribution in [2.45, 2.75) is 44.4 Å². The van der Waals surface area contributed by atoms with E-state index < -0.39 is 11.6 Å². The predicted octanol–water partition coefficient (Wildman–Crippen LogP) is 5.77. The first kappa shape index (κ1) is 20.3. The van der Waals surface area contributed by atoms with Gasteiger partial charge in [-0.2, -0.15) is 0 Å². The largest absolute Gasteiger partial charge is 0.373 e. The summed E-state index contributed by atoms with van der Waals surface area (Å²) in [6.07, 6.45) is 2.91. The molecule has 0 radical (unpaired) electrons. The van der Waals surface area contributed by atoms with E-state index in [1.807, 2.05) is 42.5 Å². The Morgan fingerprint density at radius 1 is 0.900 bits per heavy atom. The number of hydrogen-bond donors (Lipinski definition) is 2. The summed E-state index contributed by atoms with van der Waals surface area (Å²) in [5, 5.41) is 8.02. The molecular weight excluding hydrogens is 386 g/mol. The molecule has 3 aromatic carbocycles. The maximum atomic E-state index is 13.7. The molecule has 1 aliphatic rings. The molecule has 4 nitrogen and oxygen atoms in total. The zero-order valence-electron chi connectivity index (χ0n) is 16.5. The molecule has 0 atom stereocenters. The summed E-state index contributed by atoms with van der Waals surface area (Å²) in [6, 6.07) is 17.3. The van der Waals surface area contributed by atoms with Gasteiger partial charge in [0, 0.05) is 17.0 Å². The zero-order valence-corrected chi connectivity index (χ0v) is 16.5. The number of carbonyl (C=O) groups excluding carboxylic acids is 1. The molecule has 6 heteroatoms.